The average Bonchev–Trinajstić information content (AvgIpc) is 3.33. The lowest BCUT2D eigenvalue weighted by Crippen LogP contribution is -2.30. The second kappa shape index (κ2) is 8.54. The topological polar surface area (TPSA) is 66.0 Å². The van der Waals surface area contributed by atoms with E-state index in [0.29, 0.717) is 40.9 Å². The van der Waals surface area contributed by atoms with E-state index in [4.69, 9.17) is 30.5 Å². The van der Waals surface area contributed by atoms with E-state index in [2.05, 4.69) is 5.32 Å². The lowest BCUT2D eigenvalue weighted by Gasteiger charge is -2.37. The molecule has 3 aliphatic rings. The summed E-state index contributed by atoms with van der Waals surface area (Å²) in [5.74, 6) is 2.51. The van der Waals surface area contributed by atoms with Gasteiger partial charge in [-0.25, -0.2) is 0 Å². The Morgan fingerprint density at radius 2 is 1.69 bits per heavy atom. The van der Waals surface area contributed by atoms with Gasteiger partial charge < -0.3 is 24.3 Å². The van der Waals surface area contributed by atoms with Crippen LogP contribution in [0.2, 0.25) is 5.02 Å². The van der Waals surface area contributed by atoms with E-state index in [1.165, 1.54) is 0 Å². The molecule has 3 aromatic rings. The highest BCUT2D eigenvalue weighted by Crippen LogP contribution is 2.52. The Labute approximate surface area is 208 Å². The highest BCUT2D eigenvalue weighted by Gasteiger charge is 2.40. The van der Waals surface area contributed by atoms with Crippen molar-refractivity contribution in [1.82, 2.24) is 0 Å². The number of ketones is 1. The molecule has 0 amide bonds. The summed E-state index contributed by atoms with van der Waals surface area (Å²) in [5, 5.41) is 4.18. The van der Waals surface area contributed by atoms with Crippen LogP contribution in [0.5, 0.6) is 23.0 Å². The first-order valence-electron chi connectivity index (χ1n) is 11.5. The first kappa shape index (κ1) is 21.9. The van der Waals surface area contributed by atoms with Crippen LogP contribution in [0, 0.1) is 0 Å². The maximum Gasteiger partial charge on any atom is 0.231 e. The first-order chi connectivity index (χ1) is 17.1. The van der Waals surface area contributed by atoms with E-state index in [9.17, 15) is 4.79 Å². The Hall–Kier alpha value is -3.64. The van der Waals surface area contributed by atoms with Crippen LogP contribution in [-0.4, -0.2) is 26.8 Å². The maximum atomic E-state index is 13.8. The number of anilines is 1. The van der Waals surface area contributed by atoms with Gasteiger partial charge >= 0.3 is 0 Å². The van der Waals surface area contributed by atoms with E-state index >= 15 is 0 Å². The molecule has 0 aromatic heterocycles. The lowest BCUT2D eigenvalue weighted by molar-refractivity contribution is -0.116. The summed E-state index contributed by atoms with van der Waals surface area (Å²) in [4.78, 5) is 13.8. The second-order valence-corrected chi connectivity index (χ2v) is 9.31. The molecule has 35 heavy (non-hydrogen) atoms. The number of hydrogen-bond donors (Lipinski definition) is 1. The van der Waals surface area contributed by atoms with Crippen molar-refractivity contribution in [2.75, 3.05) is 26.3 Å². The van der Waals surface area contributed by atoms with Gasteiger partial charge in [-0.05, 0) is 53.3 Å². The van der Waals surface area contributed by atoms with Gasteiger partial charge in [-0.3, -0.25) is 4.79 Å². The fraction of sp³-hybridized carbons (Fsp3) is 0.250. The van der Waals surface area contributed by atoms with Crippen molar-refractivity contribution in [2.24, 2.45) is 0 Å². The number of Topliss-reactive ketones (excluding diaryl/α,β-unsaturated/α-hetero) is 1. The van der Waals surface area contributed by atoms with Crippen molar-refractivity contribution in [3.8, 4) is 23.0 Å². The van der Waals surface area contributed by atoms with Crippen LogP contribution in [0.4, 0.5) is 5.69 Å². The molecule has 0 spiro atoms. The smallest absolute Gasteiger partial charge is 0.231 e. The molecule has 0 saturated heterocycles. The van der Waals surface area contributed by atoms with Gasteiger partial charge in [0.05, 0.1) is 14.2 Å². The van der Waals surface area contributed by atoms with E-state index < -0.39 is 0 Å². The molecule has 0 bridgehead atoms. The largest absolute Gasteiger partial charge is 0.493 e. The summed E-state index contributed by atoms with van der Waals surface area (Å²) in [7, 11) is 3.23. The number of carbonyl (C=O) groups excluding carboxylic acids is 1. The number of benzene rings is 3. The highest BCUT2D eigenvalue weighted by atomic mass is 35.5. The van der Waals surface area contributed by atoms with Crippen LogP contribution in [-0.2, 0) is 4.79 Å². The third-order valence-electron chi connectivity index (χ3n) is 7.03. The number of nitrogens with one attached hydrogen (secondary N) is 1. The zero-order valence-corrected chi connectivity index (χ0v) is 20.1. The number of fused-ring (bicyclic) bond motifs is 2. The first-order valence-corrected chi connectivity index (χ1v) is 11.9. The monoisotopic (exact) mass is 489 g/mol. The quantitative estimate of drug-likeness (QED) is 0.481. The fourth-order valence-corrected chi connectivity index (χ4v) is 5.63. The predicted octanol–water partition coefficient (Wildman–Crippen LogP) is 6.04. The van der Waals surface area contributed by atoms with E-state index in [1.54, 1.807) is 14.2 Å². The molecule has 2 aliphatic heterocycles. The molecule has 1 aliphatic carbocycles. The number of hydrogen-bond acceptors (Lipinski definition) is 6. The van der Waals surface area contributed by atoms with Gasteiger partial charge in [0, 0.05) is 40.4 Å². The molecule has 0 saturated carbocycles. The summed E-state index contributed by atoms with van der Waals surface area (Å²) in [6.45, 7) is 0.183. The Morgan fingerprint density at radius 3 is 2.46 bits per heavy atom. The summed E-state index contributed by atoms with van der Waals surface area (Å²) in [5.41, 5.74) is 5.48. The van der Waals surface area contributed by atoms with Crippen molar-refractivity contribution in [2.45, 2.75) is 24.7 Å². The number of rotatable bonds is 4. The van der Waals surface area contributed by atoms with Crippen LogP contribution in [0.15, 0.2) is 65.9 Å². The normalized spacial score (nSPS) is 20.1. The Balaban J connectivity index is 1.46. The van der Waals surface area contributed by atoms with Gasteiger partial charge in [0.15, 0.2) is 28.8 Å². The van der Waals surface area contributed by atoms with Crippen molar-refractivity contribution in [3.63, 3.8) is 0 Å². The number of ether oxygens (including phenoxy) is 4. The predicted molar refractivity (Wildman–Crippen MR) is 133 cm³/mol. The Kier molecular flexibility index (Phi) is 5.33. The van der Waals surface area contributed by atoms with Crippen molar-refractivity contribution < 1.29 is 23.7 Å². The zero-order chi connectivity index (χ0) is 24.1. The van der Waals surface area contributed by atoms with Gasteiger partial charge in [0.1, 0.15) is 0 Å². The molecular weight excluding hydrogens is 466 g/mol. The van der Waals surface area contributed by atoms with Crippen LogP contribution in [0.3, 0.4) is 0 Å². The maximum absolute atomic E-state index is 13.8. The average molecular weight is 490 g/mol. The van der Waals surface area contributed by atoms with Crippen LogP contribution >= 0.6 is 11.6 Å². The van der Waals surface area contributed by atoms with E-state index in [0.717, 1.165) is 33.6 Å². The second-order valence-electron chi connectivity index (χ2n) is 8.91. The van der Waals surface area contributed by atoms with E-state index in [-0.39, 0.29) is 24.4 Å². The number of halogens is 1. The zero-order valence-electron chi connectivity index (χ0n) is 19.4. The molecule has 6 rings (SSSR count). The standard InChI is InChI=1S/C28H24ClNO5/c1-32-23-8-7-15(11-24(23)33-2)16-9-21-28(22(31)10-16)27(17-5-3-4-6-19(17)29)18-12-25-26(35-14-34-25)13-20(18)30-21/h3-8,11-13,16,27,30H,9-10,14H2,1-2H3/t16-,27+/m1/s1. The van der Waals surface area contributed by atoms with Crippen LogP contribution in [0.1, 0.15) is 41.4 Å². The summed E-state index contributed by atoms with van der Waals surface area (Å²) in [6, 6.07) is 17.5. The van der Waals surface area contributed by atoms with Crippen molar-refractivity contribution >= 4 is 23.1 Å². The van der Waals surface area contributed by atoms with Crippen molar-refractivity contribution in [3.05, 3.63) is 87.6 Å². The van der Waals surface area contributed by atoms with Crippen LogP contribution < -0.4 is 24.3 Å². The summed E-state index contributed by atoms with van der Waals surface area (Å²) >= 11 is 6.67. The van der Waals surface area contributed by atoms with Gasteiger partial charge in [0.2, 0.25) is 6.79 Å². The molecule has 7 heteroatoms. The van der Waals surface area contributed by atoms with Crippen LogP contribution in [0.25, 0.3) is 0 Å². The van der Waals surface area contributed by atoms with E-state index in [1.807, 2.05) is 54.6 Å². The van der Waals surface area contributed by atoms with Gasteiger partial charge in [-0.15, -0.1) is 0 Å². The Morgan fingerprint density at radius 1 is 0.914 bits per heavy atom. The minimum absolute atomic E-state index is 0.0102. The van der Waals surface area contributed by atoms with Crippen molar-refractivity contribution in [1.29, 1.82) is 0 Å². The minimum Gasteiger partial charge on any atom is -0.493 e. The Bertz CT molecular complexity index is 1380. The summed E-state index contributed by atoms with van der Waals surface area (Å²) in [6.07, 6.45) is 1.09. The molecule has 6 nitrogen and oxygen atoms in total. The molecule has 0 radical (unpaired) electrons. The fourth-order valence-electron chi connectivity index (χ4n) is 5.38. The highest BCUT2D eigenvalue weighted by molar-refractivity contribution is 6.31. The number of carbonyl (C=O) groups is 1. The summed E-state index contributed by atoms with van der Waals surface area (Å²) < 4.78 is 22.2. The molecule has 0 unspecified atom stereocenters. The SMILES string of the molecule is COc1ccc([C@H]2CC(=O)C3=C(C2)Nc2cc4c(cc2[C@@H]3c2ccccc2Cl)OCO4)cc1OC. The molecular formula is C28H24ClNO5. The van der Waals surface area contributed by atoms with Gasteiger partial charge in [-0.2, -0.15) is 0 Å². The number of allylic oxidation sites excluding steroid dienone is 2. The third-order valence-corrected chi connectivity index (χ3v) is 7.38. The van der Waals surface area contributed by atoms with Gasteiger partial charge in [0.25, 0.3) is 0 Å². The minimum atomic E-state index is -0.289. The molecule has 2 atom stereocenters. The molecule has 2 heterocycles. The van der Waals surface area contributed by atoms with Gasteiger partial charge in [-0.1, -0.05) is 35.9 Å². The third kappa shape index (κ3) is 3.60. The molecule has 3 aromatic carbocycles. The molecule has 178 valence electrons. The number of methoxy groups -OCH3 is 2. The molecule has 1 N–H and O–H groups in total. The lowest BCUT2D eigenvalue weighted by atomic mass is 9.72. The molecule has 0 fully saturated rings.